The average Bonchev–Trinajstić information content (AvgIpc) is 3.08. The fourth-order valence-corrected chi connectivity index (χ4v) is 4.52. The molecule has 0 bridgehead atoms. The van der Waals surface area contributed by atoms with Crippen LogP contribution in [-0.4, -0.2) is 44.0 Å². The number of hydrogen-bond acceptors (Lipinski definition) is 7. The van der Waals surface area contributed by atoms with E-state index in [1.165, 1.54) is 18.4 Å². The Bertz CT molecular complexity index is 1150. The van der Waals surface area contributed by atoms with Gasteiger partial charge in [0.05, 0.1) is 38.0 Å². The molecular formula is C21H22N2O5S2. The van der Waals surface area contributed by atoms with Crippen LogP contribution in [0.15, 0.2) is 46.3 Å². The van der Waals surface area contributed by atoms with Crippen molar-refractivity contribution in [3.05, 3.63) is 46.8 Å². The summed E-state index contributed by atoms with van der Waals surface area (Å²) >= 11 is 2.99. The minimum Gasteiger partial charge on any atom is -0.493 e. The molecule has 0 fully saturated rings. The van der Waals surface area contributed by atoms with E-state index >= 15 is 0 Å². The first-order chi connectivity index (χ1) is 14.5. The van der Waals surface area contributed by atoms with Crippen LogP contribution in [0.3, 0.4) is 0 Å². The van der Waals surface area contributed by atoms with Gasteiger partial charge in [0.1, 0.15) is 6.54 Å². The Balaban J connectivity index is 1.98. The number of fused-ring (bicyclic) bond motifs is 1. The molecule has 0 aliphatic carbocycles. The van der Waals surface area contributed by atoms with Crippen LogP contribution in [0.2, 0.25) is 0 Å². The van der Waals surface area contributed by atoms with Crippen molar-refractivity contribution in [3.8, 4) is 11.5 Å². The van der Waals surface area contributed by atoms with Crippen molar-refractivity contribution in [2.75, 3.05) is 27.6 Å². The van der Waals surface area contributed by atoms with E-state index < -0.39 is 5.97 Å². The number of thioether (sulfide) groups is 1. The maximum atomic E-state index is 12.7. The van der Waals surface area contributed by atoms with E-state index in [-0.39, 0.29) is 18.9 Å². The molecular weight excluding hydrogens is 424 g/mol. The number of rotatable bonds is 7. The molecule has 1 amide bonds. The number of carbonyl (C=O) groups is 2. The van der Waals surface area contributed by atoms with E-state index in [0.29, 0.717) is 16.3 Å². The zero-order chi connectivity index (χ0) is 21.7. The fraction of sp³-hybridized carbons (Fsp3) is 0.286. The highest BCUT2D eigenvalue weighted by molar-refractivity contribution is 7.98. The van der Waals surface area contributed by atoms with E-state index in [4.69, 9.17) is 14.2 Å². The van der Waals surface area contributed by atoms with Gasteiger partial charge in [-0.3, -0.25) is 9.59 Å². The lowest BCUT2D eigenvalue weighted by atomic mass is 10.1. The van der Waals surface area contributed by atoms with Crippen LogP contribution in [0.1, 0.15) is 5.56 Å². The van der Waals surface area contributed by atoms with Gasteiger partial charge in [0.25, 0.3) is 5.91 Å². The Hall–Kier alpha value is -2.78. The smallest absolute Gasteiger partial charge is 0.325 e. The summed E-state index contributed by atoms with van der Waals surface area (Å²) < 4.78 is 18.0. The Morgan fingerprint density at radius 3 is 2.50 bits per heavy atom. The van der Waals surface area contributed by atoms with Crippen molar-refractivity contribution >= 4 is 45.2 Å². The summed E-state index contributed by atoms with van der Waals surface area (Å²) in [6, 6.07) is 11.2. The summed E-state index contributed by atoms with van der Waals surface area (Å²) in [5.41, 5.74) is 1.59. The van der Waals surface area contributed by atoms with E-state index in [2.05, 4.69) is 4.99 Å². The minimum atomic E-state index is -0.405. The summed E-state index contributed by atoms with van der Waals surface area (Å²) in [5, 5.41) is 0. The molecule has 0 saturated heterocycles. The first-order valence-corrected chi connectivity index (χ1v) is 11.1. The van der Waals surface area contributed by atoms with Gasteiger partial charge in [0.2, 0.25) is 0 Å². The van der Waals surface area contributed by atoms with Gasteiger partial charge in [-0.15, -0.1) is 11.8 Å². The Morgan fingerprint density at radius 1 is 1.07 bits per heavy atom. The van der Waals surface area contributed by atoms with Crippen LogP contribution in [-0.2, 0) is 27.3 Å². The number of hydrogen-bond donors (Lipinski definition) is 0. The highest BCUT2D eigenvalue weighted by atomic mass is 32.2. The zero-order valence-electron chi connectivity index (χ0n) is 17.1. The van der Waals surface area contributed by atoms with Crippen LogP contribution in [0.5, 0.6) is 11.5 Å². The first-order valence-electron chi connectivity index (χ1n) is 9.01. The number of aromatic nitrogens is 1. The monoisotopic (exact) mass is 446 g/mol. The maximum absolute atomic E-state index is 12.7. The number of esters is 1. The second-order valence-electron chi connectivity index (χ2n) is 6.25. The zero-order valence-corrected chi connectivity index (χ0v) is 18.8. The molecule has 30 heavy (non-hydrogen) atoms. The largest absolute Gasteiger partial charge is 0.493 e. The van der Waals surface area contributed by atoms with E-state index in [1.807, 2.05) is 24.5 Å². The van der Waals surface area contributed by atoms with Crippen molar-refractivity contribution in [2.45, 2.75) is 17.9 Å². The standard InChI is InChI=1S/C21H22N2O5S2/c1-26-16-8-5-13(9-17(16)27-2)10-19(24)22-21-23(12-20(25)28-3)15-7-6-14(29-4)11-18(15)30-21/h5-9,11H,10,12H2,1-4H3. The quantitative estimate of drug-likeness (QED) is 0.409. The maximum Gasteiger partial charge on any atom is 0.325 e. The summed E-state index contributed by atoms with van der Waals surface area (Å²) in [7, 11) is 4.44. The molecule has 9 heteroatoms. The van der Waals surface area contributed by atoms with Crippen LogP contribution in [0.4, 0.5) is 0 Å². The summed E-state index contributed by atoms with van der Waals surface area (Å²) in [5.74, 6) is 0.417. The average molecular weight is 447 g/mol. The van der Waals surface area contributed by atoms with Crippen molar-refractivity contribution in [1.82, 2.24) is 4.57 Å². The van der Waals surface area contributed by atoms with Crippen molar-refractivity contribution in [3.63, 3.8) is 0 Å². The summed E-state index contributed by atoms with van der Waals surface area (Å²) in [6.07, 6.45) is 2.10. The van der Waals surface area contributed by atoms with Gasteiger partial charge in [-0.2, -0.15) is 4.99 Å². The normalized spacial score (nSPS) is 11.5. The second-order valence-corrected chi connectivity index (χ2v) is 8.14. The summed E-state index contributed by atoms with van der Waals surface area (Å²) in [4.78, 5) is 30.4. The molecule has 3 aromatic rings. The Kier molecular flexibility index (Phi) is 7.17. The van der Waals surface area contributed by atoms with Crippen LogP contribution < -0.4 is 14.3 Å². The minimum absolute atomic E-state index is 0.0163. The predicted octanol–water partition coefficient (Wildman–Crippen LogP) is 3.28. The van der Waals surface area contributed by atoms with Gasteiger partial charge in [0.15, 0.2) is 16.3 Å². The molecule has 0 aliphatic rings. The van der Waals surface area contributed by atoms with Gasteiger partial charge in [0, 0.05) is 4.90 Å². The lowest BCUT2D eigenvalue weighted by molar-refractivity contribution is -0.141. The lowest BCUT2D eigenvalue weighted by Crippen LogP contribution is -2.22. The first kappa shape index (κ1) is 21.9. The number of amides is 1. The third-order valence-corrected chi connectivity index (χ3v) is 6.19. The van der Waals surface area contributed by atoms with Crippen molar-refractivity contribution in [1.29, 1.82) is 0 Å². The molecule has 0 N–H and O–H groups in total. The predicted molar refractivity (Wildman–Crippen MR) is 117 cm³/mol. The van der Waals surface area contributed by atoms with Gasteiger partial charge >= 0.3 is 5.97 Å². The topological polar surface area (TPSA) is 79.1 Å². The second kappa shape index (κ2) is 9.82. The molecule has 1 heterocycles. The Labute approximate surface area is 182 Å². The van der Waals surface area contributed by atoms with Gasteiger partial charge in [-0.25, -0.2) is 0 Å². The number of methoxy groups -OCH3 is 3. The lowest BCUT2D eigenvalue weighted by Gasteiger charge is -2.08. The molecule has 0 atom stereocenters. The number of thiazole rings is 1. The number of nitrogens with zero attached hydrogens (tertiary/aromatic N) is 2. The number of carbonyl (C=O) groups excluding carboxylic acids is 2. The van der Waals surface area contributed by atoms with Crippen molar-refractivity contribution in [2.24, 2.45) is 4.99 Å². The van der Waals surface area contributed by atoms with Crippen LogP contribution >= 0.6 is 23.1 Å². The highest BCUT2D eigenvalue weighted by Crippen LogP contribution is 2.28. The van der Waals surface area contributed by atoms with Gasteiger partial charge < -0.3 is 18.8 Å². The molecule has 2 aromatic carbocycles. The fourth-order valence-electron chi connectivity index (χ4n) is 2.92. The number of benzene rings is 2. The molecule has 3 rings (SSSR count). The highest BCUT2D eigenvalue weighted by Gasteiger charge is 2.13. The van der Waals surface area contributed by atoms with Gasteiger partial charge in [-0.1, -0.05) is 17.4 Å². The molecule has 0 aliphatic heterocycles. The van der Waals surface area contributed by atoms with E-state index in [1.54, 1.807) is 48.7 Å². The molecule has 158 valence electrons. The molecule has 0 radical (unpaired) electrons. The third kappa shape index (κ3) is 4.85. The Morgan fingerprint density at radius 2 is 1.83 bits per heavy atom. The van der Waals surface area contributed by atoms with E-state index in [9.17, 15) is 9.59 Å². The van der Waals surface area contributed by atoms with Crippen LogP contribution in [0.25, 0.3) is 10.2 Å². The number of ether oxygens (including phenoxy) is 3. The third-order valence-electron chi connectivity index (χ3n) is 4.43. The molecule has 1 aromatic heterocycles. The SMILES string of the molecule is COC(=O)Cn1c(=NC(=O)Cc2ccc(OC)c(OC)c2)sc2cc(SC)ccc21. The van der Waals surface area contributed by atoms with Crippen LogP contribution in [0, 0.1) is 0 Å². The molecule has 0 spiro atoms. The van der Waals surface area contributed by atoms with Gasteiger partial charge in [-0.05, 0) is 42.2 Å². The molecule has 0 saturated carbocycles. The van der Waals surface area contributed by atoms with E-state index in [0.717, 1.165) is 20.7 Å². The van der Waals surface area contributed by atoms with Crippen molar-refractivity contribution < 1.29 is 23.8 Å². The summed E-state index contributed by atoms with van der Waals surface area (Å²) in [6.45, 7) is -0.0163. The molecule has 7 nitrogen and oxygen atoms in total. The molecule has 0 unspecified atom stereocenters.